The molecule has 7 heteroatoms. The number of rotatable bonds is 4. The number of pyridine rings is 1. The number of carbonyl (C=O) groups is 1. The zero-order chi connectivity index (χ0) is 14.5. The highest BCUT2D eigenvalue weighted by molar-refractivity contribution is 6.05. The van der Waals surface area contributed by atoms with E-state index in [0.29, 0.717) is 11.3 Å². The first kappa shape index (κ1) is 13.5. The minimum atomic E-state index is -0.531. The molecule has 0 spiro atoms. The van der Waals surface area contributed by atoms with E-state index in [4.69, 9.17) is 4.74 Å². The van der Waals surface area contributed by atoms with E-state index in [2.05, 4.69) is 10.3 Å². The van der Waals surface area contributed by atoms with Crippen LogP contribution in [0.3, 0.4) is 0 Å². The number of anilines is 1. The van der Waals surface area contributed by atoms with E-state index in [-0.39, 0.29) is 17.3 Å². The van der Waals surface area contributed by atoms with Crippen LogP contribution in [0.2, 0.25) is 0 Å². The van der Waals surface area contributed by atoms with Crippen LogP contribution in [0, 0.1) is 10.1 Å². The third-order valence-corrected chi connectivity index (χ3v) is 2.59. The molecule has 1 aromatic carbocycles. The summed E-state index contributed by atoms with van der Waals surface area (Å²) in [6.45, 7) is 0. The minimum Gasteiger partial charge on any atom is -0.494 e. The van der Waals surface area contributed by atoms with Gasteiger partial charge in [0.15, 0.2) is 0 Å². The van der Waals surface area contributed by atoms with Gasteiger partial charge in [-0.15, -0.1) is 0 Å². The molecule has 0 aliphatic carbocycles. The molecule has 1 aromatic heterocycles. The number of aromatic nitrogens is 1. The molecule has 0 fully saturated rings. The predicted octanol–water partition coefficient (Wildman–Crippen LogP) is 2.25. The van der Waals surface area contributed by atoms with Gasteiger partial charge in [-0.05, 0) is 18.2 Å². The number of benzene rings is 1. The third kappa shape index (κ3) is 2.89. The highest BCUT2D eigenvalue weighted by Gasteiger charge is 2.14. The van der Waals surface area contributed by atoms with Crippen LogP contribution in [0.1, 0.15) is 10.4 Å². The number of ether oxygens (including phenoxy) is 1. The maximum atomic E-state index is 12.0. The van der Waals surface area contributed by atoms with Gasteiger partial charge in [0.1, 0.15) is 5.75 Å². The molecule has 1 N–H and O–H groups in total. The van der Waals surface area contributed by atoms with Crippen molar-refractivity contribution in [3.8, 4) is 5.75 Å². The molecular weight excluding hydrogens is 262 g/mol. The quantitative estimate of drug-likeness (QED) is 0.681. The standard InChI is InChI=1S/C13H11N3O4/c1-20-12-8-10(16(18)19)2-3-11(12)15-13(17)9-4-6-14-7-5-9/h2-8H,1H3,(H,15,17). The first-order valence-electron chi connectivity index (χ1n) is 5.65. The Bertz CT molecular complexity index is 643. The summed E-state index contributed by atoms with van der Waals surface area (Å²) in [6.07, 6.45) is 3.00. The number of non-ortho nitro benzene ring substituents is 1. The smallest absolute Gasteiger partial charge is 0.273 e. The maximum absolute atomic E-state index is 12.0. The van der Waals surface area contributed by atoms with E-state index in [1.54, 1.807) is 12.1 Å². The Kier molecular flexibility index (Phi) is 3.90. The number of nitro groups is 1. The van der Waals surface area contributed by atoms with E-state index < -0.39 is 4.92 Å². The summed E-state index contributed by atoms with van der Waals surface area (Å²) >= 11 is 0. The summed E-state index contributed by atoms with van der Waals surface area (Å²) in [6, 6.07) is 7.10. The first-order chi connectivity index (χ1) is 9.61. The fourth-order valence-corrected chi connectivity index (χ4v) is 1.59. The molecule has 102 valence electrons. The molecule has 0 radical (unpaired) electrons. The van der Waals surface area contributed by atoms with Gasteiger partial charge in [-0.1, -0.05) is 0 Å². The van der Waals surface area contributed by atoms with Gasteiger partial charge in [0, 0.05) is 24.0 Å². The van der Waals surface area contributed by atoms with E-state index in [1.165, 1.54) is 37.7 Å². The topological polar surface area (TPSA) is 94.4 Å². The van der Waals surface area contributed by atoms with Crippen LogP contribution in [-0.2, 0) is 0 Å². The number of amides is 1. The van der Waals surface area contributed by atoms with Gasteiger partial charge in [0.2, 0.25) is 0 Å². The molecule has 1 amide bonds. The number of carbonyl (C=O) groups excluding carboxylic acids is 1. The average Bonchev–Trinajstić information content (AvgIpc) is 2.48. The van der Waals surface area contributed by atoms with Crippen LogP contribution >= 0.6 is 0 Å². The molecule has 0 saturated carbocycles. The van der Waals surface area contributed by atoms with Crippen molar-refractivity contribution >= 4 is 17.3 Å². The largest absolute Gasteiger partial charge is 0.494 e. The molecule has 0 aliphatic rings. The van der Waals surface area contributed by atoms with Crippen LogP contribution in [-0.4, -0.2) is 22.9 Å². The molecule has 0 aliphatic heterocycles. The highest BCUT2D eigenvalue weighted by atomic mass is 16.6. The Balaban J connectivity index is 2.25. The van der Waals surface area contributed by atoms with Gasteiger partial charge in [-0.3, -0.25) is 19.9 Å². The second-order valence-electron chi connectivity index (χ2n) is 3.83. The summed E-state index contributed by atoms with van der Waals surface area (Å²) in [5.74, 6) is -0.124. The monoisotopic (exact) mass is 273 g/mol. The predicted molar refractivity (Wildman–Crippen MR) is 71.8 cm³/mol. The maximum Gasteiger partial charge on any atom is 0.273 e. The summed E-state index contributed by atoms with van der Waals surface area (Å²) in [5, 5.41) is 13.3. The lowest BCUT2D eigenvalue weighted by molar-refractivity contribution is -0.384. The van der Waals surface area contributed by atoms with Crippen molar-refractivity contribution in [1.82, 2.24) is 4.98 Å². The molecule has 2 rings (SSSR count). The van der Waals surface area contributed by atoms with Crippen LogP contribution in [0.5, 0.6) is 5.75 Å². The molecule has 0 atom stereocenters. The minimum absolute atomic E-state index is 0.108. The molecule has 7 nitrogen and oxygen atoms in total. The van der Waals surface area contributed by atoms with Crippen molar-refractivity contribution in [3.63, 3.8) is 0 Å². The molecule has 0 bridgehead atoms. The first-order valence-corrected chi connectivity index (χ1v) is 5.65. The number of nitrogens with zero attached hydrogens (tertiary/aromatic N) is 2. The fourth-order valence-electron chi connectivity index (χ4n) is 1.59. The van der Waals surface area contributed by atoms with E-state index in [1.807, 2.05) is 0 Å². The number of methoxy groups -OCH3 is 1. The lowest BCUT2D eigenvalue weighted by Gasteiger charge is -2.09. The third-order valence-electron chi connectivity index (χ3n) is 2.59. The van der Waals surface area contributed by atoms with E-state index in [0.717, 1.165) is 0 Å². The number of hydrogen-bond acceptors (Lipinski definition) is 5. The number of nitrogens with one attached hydrogen (secondary N) is 1. The summed E-state index contributed by atoms with van der Waals surface area (Å²) in [4.78, 5) is 25.9. The van der Waals surface area contributed by atoms with Crippen molar-refractivity contribution in [2.45, 2.75) is 0 Å². The second-order valence-corrected chi connectivity index (χ2v) is 3.83. The summed E-state index contributed by atoms with van der Waals surface area (Å²) < 4.78 is 5.04. The number of hydrogen-bond donors (Lipinski definition) is 1. The Morgan fingerprint density at radius 2 is 2.00 bits per heavy atom. The Morgan fingerprint density at radius 1 is 1.30 bits per heavy atom. The van der Waals surface area contributed by atoms with Crippen molar-refractivity contribution in [2.24, 2.45) is 0 Å². The molecule has 0 saturated heterocycles. The van der Waals surface area contributed by atoms with Crippen molar-refractivity contribution in [3.05, 3.63) is 58.4 Å². The highest BCUT2D eigenvalue weighted by Crippen LogP contribution is 2.29. The van der Waals surface area contributed by atoms with Gasteiger partial charge >= 0.3 is 0 Å². The number of nitro benzene ring substituents is 1. The van der Waals surface area contributed by atoms with Gasteiger partial charge in [0.05, 0.1) is 23.8 Å². The summed E-state index contributed by atoms with van der Waals surface area (Å²) in [7, 11) is 1.38. The molecule has 0 unspecified atom stereocenters. The Labute approximate surface area is 114 Å². The van der Waals surface area contributed by atoms with Crippen molar-refractivity contribution < 1.29 is 14.5 Å². The van der Waals surface area contributed by atoms with Crippen LogP contribution in [0.25, 0.3) is 0 Å². The van der Waals surface area contributed by atoms with E-state index in [9.17, 15) is 14.9 Å². The molecule has 20 heavy (non-hydrogen) atoms. The van der Waals surface area contributed by atoms with Gasteiger partial charge in [-0.25, -0.2) is 0 Å². The lowest BCUT2D eigenvalue weighted by Crippen LogP contribution is -2.12. The molecule has 1 heterocycles. The van der Waals surface area contributed by atoms with Gasteiger partial charge in [-0.2, -0.15) is 0 Å². The zero-order valence-corrected chi connectivity index (χ0v) is 10.6. The second kappa shape index (κ2) is 5.79. The normalized spacial score (nSPS) is 9.85. The van der Waals surface area contributed by atoms with Gasteiger partial charge < -0.3 is 10.1 Å². The summed E-state index contributed by atoms with van der Waals surface area (Å²) in [5.41, 5.74) is 0.684. The molecule has 2 aromatic rings. The van der Waals surface area contributed by atoms with Crippen LogP contribution in [0.15, 0.2) is 42.7 Å². The zero-order valence-electron chi connectivity index (χ0n) is 10.6. The van der Waals surface area contributed by atoms with Crippen molar-refractivity contribution in [2.75, 3.05) is 12.4 Å². The molecular formula is C13H11N3O4. The SMILES string of the molecule is COc1cc([N+](=O)[O-])ccc1NC(=O)c1ccncc1. The average molecular weight is 273 g/mol. The van der Waals surface area contributed by atoms with Gasteiger partial charge in [0.25, 0.3) is 11.6 Å². The fraction of sp³-hybridized carbons (Fsp3) is 0.0769. The van der Waals surface area contributed by atoms with Crippen molar-refractivity contribution in [1.29, 1.82) is 0 Å². The Morgan fingerprint density at radius 3 is 2.60 bits per heavy atom. The van der Waals surface area contributed by atoms with E-state index >= 15 is 0 Å². The Hall–Kier alpha value is -2.96. The van der Waals surface area contributed by atoms with Crippen LogP contribution in [0.4, 0.5) is 11.4 Å². The van der Waals surface area contributed by atoms with Crippen LogP contribution < -0.4 is 10.1 Å². The lowest BCUT2D eigenvalue weighted by atomic mass is 10.2.